The van der Waals surface area contributed by atoms with Gasteiger partial charge in [0.05, 0.1) is 39.9 Å². The van der Waals surface area contributed by atoms with E-state index in [0.717, 1.165) is 64.2 Å². The number of phosphoric ester groups is 1. The first-order chi connectivity index (χ1) is 22.0. The van der Waals surface area contributed by atoms with Crippen molar-refractivity contribution in [3.63, 3.8) is 0 Å². The summed E-state index contributed by atoms with van der Waals surface area (Å²) < 4.78 is 23.3. The lowest BCUT2D eigenvalue weighted by Gasteiger charge is -2.25. The number of rotatable bonds is 31. The zero-order valence-corrected chi connectivity index (χ0v) is 30.9. The van der Waals surface area contributed by atoms with Gasteiger partial charge in [-0.05, 0) is 57.8 Å². The summed E-state index contributed by atoms with van der Waals surface area (Å²) in [5.74, 6) is -0.208. The zero-order chi connectivity index (χ0) is 34.4. The Balaban J connectivity index is 4.54. The molecule has 8 nitrogen and oxygen atoms in total. The number of aliphatic hydroxyl groups is 1. The fourth-order valence-corrected chi connectivity index (χ4v) is 5.28. The molecule has 0 aliphatic heterocycles. The smallest absolute Gasteiger partial charge is 0.387 e. The van der Waals surface area contributed by atoms with E-state index in [1.54, 1.807) is 6.08 Å². The third-order valence-corrected chi connectivity index (χ3v) is 8.51. The molecule has 0 aromatic carbocycles. The van der Waals surface area contributed by atoms with Gasteiger partial charge in [-0.25, -0.2) is 4.57 Å². The number of carbonyl (C=O) groups excluding carboxylic acids is 1. The minimum Gasteiger partial charge on any atom is -0.387 e. The van der Waals surface area contributed by atoms with Crippen molar-refractivity contribution in [2.75, 3.05) is 40.9 Å². The van der Waals surface area contributed by atoms with Gasteiger partial charge in [0.15, 0.2) is 0 Å². The van der Waals surface area contributed by atoms with Gasteiger partial charge in [0, 0.05) is 6.42 Å². The molecule has 268 valence electrons. The average molecular weight is 670 g/mol. The van der Waals surface area contributed by atoms with Crippen molar-refractivity contribution in [1.82, 2.24) is 5.32 Å². The standard InChI is InChI=1S/C37H69N2O6P/c1-6-8-10-12-14-16-17-18-19-20-21-22-23-25-27-29-31-37(41)38-35(34-45-46(42,43)44-33-32-39(3,4)5)36(40)30-28-26-24-15-13-11-9-7-2/h13,15-17,19-20,28,30,35-36,40H,6-12,14,18,21-27,29,31-34H2,1-5H3,(H-,38,41,42,43)/p+1/b15-13+,17-16-,20-19-,30-28+. The predicted octanol–water partition coefficient (Wildman–Crippen LogP) is 8.96. The van der Waals surface area contributed by atoms with Crippen LogP contribution in [0.15, 0.2) is 48.6 Å². The van der Waals surface area contributed by atoms with E-state index in [1.807, 2.05) is 27.2 Å². The zero-order valence-electron chi connectivity index (χ0n) is 30.0. The number of carbonyl (C=O) groups is 1. The minimum atomic E-state index is -4.33. The number of amides is 1. The second kappa shape index (κ2) is 29.6. The van der Waals surface area contributed by atoms with Crippen LogP contribution in [-0.4, -0.2) is 73.4 Å². The van der Waals surface area contributed by atoms with Gasteiger partial charge in [-0.15, -0.1) is 0 Å². The molecule has 1 amide bonds. The Hall–Kier alpha value is -1.54. The molecule has 0 aliphatic carbocycles. The van der Waals surface area contributed by atoms with Crippen LogP contribution in [-0.2, 0) is 18.4 Å². The number of nitrogens with zero attached hydrogens (tertiary/aromatic N) is 1. The summed E-state index contributed by atoms with van der Waals surface area (Å²) in [5, 5.41) is 13.6. The normalized spacial score (nSPS) is 15.4. The number of aliphatic hydroxyl groups excluding tert-OH is 1. The van der Waals surface area contributed by atoms with Gasteiger partial charge in [0.25, 0.3) is 0 Å². The second-order valence-corrected chi connectivity index (χ2v) is 14.7. The summed E-state index contributed by atoms with van der Waals surface area (Å²) >= 11 is 0. The molecule has 0 rings (SSSR count). The van der Waals surface area contributed by atoms with E-state index in [9.17, 15) is 19.4 Å². The van der Waals surface area contributed by atoms with Crippen LogP contribution in [0.25, 0.3) is 0 Å². The fourth-order valence-electron chi connectivity index (χ4n) is 4.54. The number of likely N-dealkylation sites (N-methyl/N-ethyl adjacent to an activating group) is 1. The SMILES string of the molecule is CCCC/C=C/CC/C=C/C(O)C(COP(=O)(O)OCC[N+](C)(C)C)NC(=O)CCCCCCC/C=C\C/C=C\CCCCCC. The van der Waals surface area contributed by atoms with Crippen LogP contribution in [0.2, 0.25) is 0 Å². The summed E-state index contributed by atoms with van der Waals surface area (Å²) in [5.41, 5.74) is 0. The van der Waals surface area contributed by atoms with E-state index in [0.29, 0.717) is 17.4 Å². The highest BCUT2D eigenvalue weighted by molar-refractivity contribution is 7.47. The van der Waals surface area contributed by atoms with Crippen molar-refractivity contribution in [3.05, 3.63) is 48.6 Å². The number of quaternary nitrogens is 1. The Morgan fingerprint density at radius 2 is 1.28 bits per heavy atom. The Morgan fingerprint density at radius 1 is 0.739 bits per heavy atom. The Bertz CT molecular complexity index is 897. The van der Waals surface area contributed by atoms with Crippen LogP contribution >= 0.6 is 7.82 Å². The van der Waals surface area contributed by atoms with Crippen molar-refractivity contribution < 1.29 is 32.9 Å². The fraction of sp³-hybridized carbons (Fsp3) is 0.757. The molecule has 3 N–H and O–H groups in total. The Labute approximate surface area is 282 Å². The molecule has 3 unspecified atom stereocenters. The largest absolute Gasteiger partial charge is 0.472 e. The van der Waals surface area contributed by atoms with E-state index in [2.05, 4.69) is 55.6 Å². The lowest BCUT2D eigenvalue weighted by molar-refractivity contribution is -0.870. The first-order valence-electron chi connectivity index (χ1n) is 18.0. The maximum Gasteiger partial charge on any atom is 0.472 e. The molecule has 0 saturated heterocycles. The second-order valence-electron chi connectivity index (χ2n) is 13.2. The van der Waals surface area contributed by atoms with Crippen LogP contribution in [0.4, 0.5) is 0 Å². The summed E-state index contributed by atoms with van der Waals surface area (Å²) in [6, 6.07) is -0.867. The molecular weight excluding hydrogens is 599 g/mol. The van der Waals surface area contributed by atoms with Crippen LogP contribution in [0.5, 0.6) is 0 Å². The Morgan fingerprint density at radius 3 is 1.93 bits per heavy atom. The molecule has 0 aliphatic rings. The van der Waals surface area contributed by atoms with Gasteiger partial charge in [0.2, 0.25) is 5.91 Å². The van der Waals surface area contributed by atoms with Crippen LogP contribution in [0.3, 0.4) is 0 Å². The number of phosphoric acid groups is 1. The maximum atomic E-state index is 12.7. The molecule has 0 aromatic heterocycles. The first-order valence-corrected chi connectivity index (χ1v) is 19.5. The van der Waals surface area contributed by atoms with Crippen molar-refractivity contribution >= 4 is 13.7 Å². The van der Waals surface area contributed by atoms with E-state index in [1.165, 1.54) is 44.9 Å². The Kier molecular flexibility index (Phi) is 28.6. The lowest BCUT2D eigenvalue weighted by Crippen LogP contribution is -2.45. The highest BCUT2D eigenvalue weighted by atomic mass is 31.2. The summed E-state index contributed by atoms with van der Waals surface area (Å²) in [6.45, 7) is 4.65. The molecule has 0 saturated carbocycles. The van der Waals surface area contributed by atoms with Crippen LogP contribution < -0.4 is 5.32 Å². The predicted molar refractivity (Wildman–Crippen MR) is 194 cm³/mol. The van der Waals surface area contributed by atoms with Crippen molar-refractivity contribution in [3.8, 4) is 0 Å². The summed E-state index contributed by atoms with van der Waals surface area (Å²) in [6.07, 6.45) is 34.7. The molecule has 3 atom stereocenters. The van der Waals surface area contributed by atoms with Crippen LogP contribution in [0, 0.1) is 0 Å². The third-order valence-electron chi connectivity index (χ3n) is 7.52. The lowest BCUT2D eigenvalue weighted by atomic mass is 10.1. The van der Waals surface area contributed by atoms with Crippen molar-refractivity contribution in [1.29, 1.82) is 0 Å². The number of unbranched alkanes of at least 4 members (excludes halogenated alkanes) is 12. The molecule has 9 heteroatoms. The number of nitrogens with one attached hydrogen (secondary N) is 1. The maximum absolute atomic E-state index is 12.7. The van der Waals surface area contributed by atoms with E-state index < -0.39 is 20.0 Å². The van der Waals surface area contributed by atoms with Gasteiger partial charge >= 0.3 is 7.82 Å². The van der Waals surface area contributed by atoms with Gasteiger partial charge in [-0.2, -0.15) is 0 Å². The van der Waals surface area contributed by atoms with Gasteiger partial charge in [-0.3, -0.25) is 13.8 Å². The quantitative estimate of drug-likeness (QED) is 0.0295. The van der Waals surface area contributed by atoms with Crippen molar-refractivity contribution in [2.24, 2.45) is 0 Å². The molecule has 46 heavy (non-hydrogen) atoms. The number of hydrogen-bond donors (Lipinski definition) is 3. The van der Waals surface area contributed by atoms with Gasteiger partial charge < -0.3 is 19.8 Å². The van der Waals surface area contributed by atoms with Crippen LogP contribution in [0.1, 0.15) is 129 Å². The molecule has 0 heterocycles. The molecule has 0 fully saturated rings. The monoisotopic (exact) mass is 669 g/mol. The molecule has 0 spiro atoms. The topological polar surface area (TPSA) is 105 Å². The minimum absolute atomic E-state index is 0.0510. The van der Waals surface area contributed by atoms with Gasteiger partial charge in [0.1, 0.15) is 13.2 Å². The number of hydrogen-bond acceptors (Lipinski definition) is 5. The highest BCUT2D eigenvalue weighted by Gasteiger charge is 2.27. The van der Waals surface area contributed by atoms with Gasteiger partial charge in [-0.1, -0.05) is 114 Å². The highest BCUT2D eigenvalue weighted by Crippen LogP contribution is 2.43. The average Bonchev–Trinajstić information content (AvgIpc) is 2.99. The molecule has 0 aromatic rings. The first kappa shape index (κ1) is 44.5. The number of allylic oxidation sites excluding steroid dienone is 7. The van der Waals surface area contributed by atoms with E-state index >= 15 is 0 Å². The summed E-state index contributed by atoms with van der Waals surface area (Å²) in [7, 11) is 1.53. The van der Waals surface area contributed by atoms with Crippen molar-refractivity contribution in [2.45, 2.75) is 142 Å². The summed E-state index contributed by atoms with van der Waals surface area (Å²) in [4.78, 5) is 22.9. The third kappa shape index (κ3) is 31.1. The molecule has 0 bridgehead atoms. The van der Waals surface area contributed by atoms with E-state index in [-0.39, 0.29) is 19.1 Å². The molecular formula is C37H70N2O6P+. The van der Waals surface area contributed by atoms with E-state index in [4.69, 9.17) is 9.05 Å². The molecule has 0 radical (unpaired) electrons.